The first-order valence-corrected chi connectivity index (χ1v) is 8.30. The normalized spacial score (nSPS) is 13.9. The SMILES string of the molecule is CC/C(C)=C/C(=N)C(=NC(C)Br)c1nnc(-c2ccccc2)o1. The number of nitrogens with zero attached hydrogens (tertiary/aromatic N) is 3. The summed E-state index contributed by atoms with van der Waals surface area (Å²) in [5, 5.41) is 16.4. The van der Waals surface area contributed by atoms with E-state index in [2.05, 4.69) is 31.1 Å². The van der Waals surface area contributed by atoms with Gasteiger partial charge in [-0.15, -0.1) is 10.2 Å². The Bertz CT molecular complexity index is 732. The number of hydrogen-bond donors (Lipinski definition) is 1. The van der Waals surface area contributed by atoms with Crippen LogP contribution in [0.3, 0.4) is 0 Å². The smallest absolute Gasteiger partial charge is 0.268 e. The zero-order valence-corrected chi connectivity index (χ0v) is 15.0. The lowest BCUT2D eigenvalue weighted by Crippen LogP contribution is -2.15. The Morgan fingerprint density at radius 2 is 2.04 bits per heavy atom. The quantitative estimate of drug-likeness (QED) is 0.454. The minimum atomic E-state index is -0.153. The van der Waals surface area contributed by atoms with E-state index >= 15 is 0 Å². The van der Waals surface area contributed by atoms with E-state index in [1.165, 1.54) is 0 Å². The van der Waals surface area contributed by atoms with Gasteiger partial charge >= 0.3 is 0 Å². The summed E-state index contributed by atoms with van der Waals surface area (Å²) in [7, 11) is 0. The van der Waals surface area contributed by atoms with Crippen LogP contribution in [0, 0.1) is 5.41 Å². The monoisotopic (exact) mass is 374 g/mol. The maximum absolute atomic E-state index is 8.27. The third kappa shape index (κ3) is 4.69. The standard InChI is InChI=1S/C17H19BrN4O/c1-4-11(2)10-14(19)15(20-12(3)18)17-22-21-16(23-17)13-8-6-5-7-9-13/h5-10,12,19H,4H2,1-3H3/b11-10+,19-14?,20-15?. The molecule has 1 aromatic carbocycles. The molecule has 6 heteroatoms. The number of aromatic nitrogens is 2. The van der Waals surface area contributed by atoms with E-state index in [0.717, 1.165) is 17.6 Å². The minimum absolute atomic E-state index is 0.153. The van der Waals surface area contributed by atoms with E-state index in [0.29, 0.717) is 11.6 Å². The number of halogens is 1. The van der Waals surface area contributed by atoms with Crippen LogP contribution < -0.4 is 0 Å². The molecular weight excluding hydrogens is 356 g/mol. The van der Waals surface area contributed by atoms with Gasteiger partial charge in [-0.2, -0.15) is 0 Å². The Morgan fingerprint density at radius 3 is 2.65 bits per heavy atom. The molecule has 0 aliphatic heterocycles. The molecule has 0 amide bonds. The third-order valence-electron chi connectivity index (χ3n) is 3.16. The predicted octanol–water partition coefficient (Wildman–Crippen LogP) is 4.64. The van der Waals surface area contributed by atoms with Crippen molar-refractivity contribution in [3.8, 4) is 11.5 Å². The molecular formula is C17H19BrN4O. The Kier molecular flexibility index (Phi) is 5.98. The van der Waals surface area contributed by atoms with Crippen molar-refractivity contribution in [2.45, 2.75) is 32.1 Å². The number of alkyl halides is 1. The van der Waals surface area contributed by atoms with Gasteiger partial charge in [0.1, 0.15) is 10.7 Å². The van der Waals surface area contributed by atoms with Gasteiger partial charge in [-0.25, -0.2) is 0 Å². The van der Waals surface area contributed by atoms with Crippen LogP contribution in [0.5, 0.6) is 0 Å². The van der Waals surface area contributed by atoms with Crippen molar-refractivity contribution >= 4 is 27.4 Å². The van der Waals surface area contributed by atoms with Crippen molar-refractivity contribution < 1.29 is 4.42 Å². The average Bonchev–Trinajstić information content (AvgIpc) is 3.02. The van der Waals surface area contributed by atoms with E-state index < -0.39 is 0 Å². The van der Waals surface area contributed by atoms with Gasteiger partial charge in [0.05, 0.1) is 5.71 Å². The van der Waals surface area contributed by atoms with Crippen LogP contribution in [-0.4, -0.2) is 26.6 Å². The predicted molar refractivity (Wildman–Crippen MR) is 96.4 cm³/mol. The summed E-state index contributed by atoms with van der Waals surface area (Å²) >= 11 is 3.38. The fraction of sp³-hybridized carbons (Fsp3) is 0.294. The largest absolute Gasteiger partial charge is 0.415 e. The number of allylic oxidation sites excluding steroid dienone is 2. The molecule has 120 valence electrons. The third-order valence-corrected chi connectivity index (χ3v) is 3.36. The Balaban J connectivity index is 2.38. The van der Waals surface area contributed by atoms with E-state index in [-0.39, 0.29) is 16.6 Å². The number of nitrogens with one attached hydrogen (secondary N) is 1. The van der Waals surface area contributed by atoms with Gasteiger partial charge in [-0.1, -0.05) is 46.6 Å². The van der Waals surface area contributed by atoms with Crippen LogP contribution in [0.15, 0.2) is 51.4 Å². The summed E-state index contributed by atoms with van der Waals surface area (Å²) in [5.41, 5.74) is 2.58. The van der Waals surface area contributed by atoms with Crippen LogP contribution in [0.25, 0.3) is 11.5 Å². The number of aliphatic imine (C=N–C) groups is 1. The lowest BCUT2D eigenvalue weighted by molar-refractivity contribution is 0.559. The number of hydrogen-bond acceptors (Lipinski definition) is 5. The zero-order chi connectivity index (χ0) is 16.8. The first-order chi connectivity index (χ1) is 11.0. The molecule has 0 saturated carbocycles. The van der Waals surface area contributed by atoms with Crippen LogP contribution in [0.2, 0.25) is 0 Å². The van der Waals surface area contributed by atoms with Crippen molar-refractivity contribution in [1.29, 1.82) is 5.41 Å². The van der Waals surface area contributed by atoms with Gasteiger partial charge in [-0.05, 0) is 38.5 Å². The van der Waals surface area contributed by atoms with Crippen LogP contribution in [0.1, 0.15) is 33.1 Å². The van der Waals surface area contributed by atoms with Crippen molar-refractivity contribution in [3.05, 3.63) is 47.9 Å². The highest BCUT2D eigenvalue weighted by atomic mass is 79.9. The molecule has 1 aromatic heterocycles. The van der Waals surface area contributed by atoms with Crippen molar-refractivity contribution in [2.24, 2.45) is 4.99 Å². The molecule has 5 nitrogen and oxygen atoms in total. The molecule has 1 heterocycles. The van der Waals surface area contributed by atoms with Crippen LogP contribution in [0.4, 0.5) is 0 Å². The van der Waals surface area contributed by atoms with Gasteiger partial charge in [0.25, 0.3) is 5.89 Å². The Hall–Kier alpha value is -2.08. The van der Waals surface area contributed by atoms with Crippen molar-refractivity contribution in [1.82, 2.24) is 10.2 Å². The molecule has 2 aromatic rings. The van der Waals surface area contributed by atoms with Gasteiger partial charge in [0.15, 0.2) is 0 Å². The average molecular weight is 375 g/mol. The Morgan fingerprint density at radius 1 is 1.35 bits per heavy atom. The van der Waals surface area contributed by atoms with Gasteiger partial charge in [0.2, 0.25) is 5.89 Å². The lowest BCUT2D eigenvalue weighted by Gasteiger charge is -2.04. The van der Waals surface area contributed by atoms with Crippen LogP contribution in [-0.2, 0) is 0 Å². The highest BCUT2D eigenvalue weighted by Gasteiger charge is 2.18. The van der Waals surface area contributed by atoms with Crippen LogP contribution >= 0.6 is 15.9 Å². The number of rotatable bonds is 6. The summed E-state index contributed by atoms with van der Waals surface area (Å²) in [6.07, 6.45) is 2.65. The summed E-state index contributed by atoms with van der Waals surface area (Å²) in [4.78, 5) is 4.26. The molecule has 0 spiro atoms. The summed E-state index contributed by atoms with van der Waals surface area (Å²) < 4.78 is 5.73. The van der Waals surface area contributed by atoms with Crippen molar-refractivity contribution in [3.63, 3.8) is 0 Å². The Labute approximate surface area is 144 Å². The van der Waals surface area contributed by atoms with Crippen molar-refractivity contribution in [2.75, 3.05) is 0 Å². The molecule has 23 heavy (non-hydrogen) atoms. The van der Waals surface area contributed by atoms with Gasteiger partial charge < -0.3 is 4.42 Å². The molecule has 0 aliphatic rings. The second-order valence-electron chi connectivity index (χ2n) is 5.09. The minimum Gasteiger partial charge on any atom is -0.415 e. The first kappa shape index (κ1) is 17.3. The maximum Gasteiger partial charge on any atom is 0.268 e. The molecule has 0 aliphatic carbocycles. The lowest BCUT2D eigenvalue weighted by atomic mass is 10.1. The van der Waals surface area contributed by atoms with E-state index in [9.17, 15) is 0 Å². The fourth-order valence-corrected chi connectivity index (χ4v) is 2.06. The molecule has 2 rings (SSSR count). The molecule has 1 N–H and O–H groups in total. The molecule has 0 fully saturated rings. The number of benzene rings is 1. The summed E-state index contributed by atoms with van der Waals surface area (Å²) in [6.45, 7) is 5.90. The molecule has 1 atom stereocenters. The van der Waals surface area contributed by atoms with E-state index in [1.807, 2.05) is 51.1 Å². The van der Waals surface area contributed by atoms with Gasteiger partial charge in [-0.3, -0.25) is 10.4 Å². The van der Waals surface area contributed by atoms with E-state index in [1.54, 1.807) is 6.08 Å². The molecule has 1 unspecified atom stereocenters. The molecule has 0 bridgehead atoms. The molecule has 0 radical (unpaired) electrons. The van der Waals surface area contributed by atoms with E-state index in [4.69, 9.17) is 9.83 Å². The highest BCUT2D eigenvalue weighted by molar-refractivity contribution is 9.09. The molecule has 0 saturated heterocycles. The summed E-state index contributed by atoms with van der Waals surface area (Å²) in [5.74, 6) is 0.667. The highest BCUT2D eigenvalue weighted by Crippen LogP contribution is 2.18. The summed E-state index contributed by atoms with van der Waals surface area (Å²) in [6, 6.07) is 9.53. The van der Waals surface area contributed by atoms with Gasteiger partial charge in [0, 0.05) is 5.56 Å². The first-order valence-electron chi connectivity index (χ1n) is 7.38. The zero-order valence-electron chi connectivity index (χ0n) is 13.4. The topological polar surface area (TPSA) is 75.1 Å². The maximum atomic E-state index is 8.27. The second-order valence-corrected chi connectivity index (χ2v) is 6.41. The fourth-order valence-electron chi connectivity index (χ4n) is 1.85. The second kappa shape index (κ2) is 7.97.